The van der Waals surface area contributed by atoms with E-state index >= 15 is 0 Å². The summed E-state index contributed by atoms with van der Waals surface area (Å²) in [6.45, 7) is 2.13. The second kappa shape index (κ2) is 2.71. The topological polar surface area (TPSA) is 29.5 Å². The minimum atomic E-state index is -0.155. The maximum Gasteiger partial charge on any atom is 0.109 e. The molecular formula is C6H11BO2. The van der Waals surface area contributed by atoms with Crippen LogP contribution >= 0.6 is 0 Å². The highest BCUT2D eigenvalue weighted by Gasteiger charge is 2.27. The molecule has 3 atom stereocenters. The Morgan fingerprint density at radius 1 is 1.78 bits per heavy atom. The summed E-state index contributed by atoms with van der Waals surface area (Å²) in [5.41, 5.74) is 0. The summed E-state index contributed by atoms with van der Waals surface area (Å²) in [4.78, 5) is 0. The van der Waals surface area contributed by atoms with Crippen LogP contribution in [-0.4, -0.2) is 31.7 Å². The third-order valence-corrected chi connectivity index (χ3v) is 1.77. The van der Waals surface area contributed by atoms with Crippen molar-refractivity contribution in [3.8, 4) is 0 Å². The van der Waals surface area contributed by atoms with E-state index in [2.05, 4.69) is 0 Å². The standard InChI is InChI=1S/C6H11BO2/c1-4-2-6(7)9-5(4)3-8/h4-6,8H,2-3H2,1H3. The first-order valence-corrected chi connectivity index (χ1v) is 3.26. The van der Waals surface area contributed by atoms with E-state index in [1.165, 1.54) is 0 Å². The summed E-state index contributed by atoms with van der Waals surface area (Å²) < 4.78 is 5.15. The Kier molecular flexibility index (Phi) is 2.14. The van der Waals surface area contributed by atoms with Crippen molar-refractivity contribution in [3.05, 3.63) is 0 Å². The average molecular weight is 126 g/mol. The van der Waals surface area contributed by atoms with E-state index in [0.717, 1.165) is 6.42 Å². The molecule has 0 aromatic carbocycles. The van der Waals surface area contributed by atoms with E-state index in [-0.39, 0.29) is 18.7 Å². The van der Waals surface area contributed by atoms with Gasteiger partial charge in [-0.25, -0.2) is 0 Å². The number of hydrogen-bond donors (Lipinski definition) is 1. The fourth-order valence-corrected chi connectivity index (χ4v) is 1.16. The van der Waals surface area contributed by atoms with Crippen molar-refractivity contribution in [1.29, 1.82) is 0 Å². The quantitative estimate of drug-likeness (QED) is 0.497. The highest BCUT2D eigenvalue weighted by molar-refractivity contribution is 6.11. The van der Waals surface area contributed by atoms with Gasteiger partial charge in [-0.2, -0.15) is 0 Å². The molecule has 3 heteroatoms. The molecule has 0 amide bonds. The maximum atomic E-state index is 8.67. The predicted molar refractivity (Wildman–Crippen MR) is 35.3 cm³/mol. The lowest BCUT2D eigenvalue weighted by Crippen LogP contribution is -2.18. The van der Waals surface area contributed by atoms with Gasteiger partial charge in [-0.1, -0.05) is 6.92 Å². The van der Waals surface area contributed by atoms with Crippen molar-refractivity contribution in [2.45, 2.75) is 25.5 Å². The molecule has 0 bridgehead atoms. The molecule has 1 fully saturated rings. The van der Waals surface area contributed by atoms with Gasteiger partial charge in [-0.05, 0) is 12.3 Å². The number of hydrogen-bond acceptors (Lipinski definition) is 2. The Labute approximate surface area is 56.6 Å². The van der Waals surface area contributed by atoms with Crippen molar-refractivity contribution in [2.24, 2.45) is 5.92 Å². The lowest BCUT2D eigenvalue weighted by Gasteiger charge is -2.09. The molecule has 1 aliphatic rings. The van der Waals surface area contributed by atoms with Crippen LogP contribution in [0.2, 0.25) is 0 Å². The van der Waals surface area contributed by atoms with Crippen LogP contribution in [0.3, 0.4) is 0 Å². The van der Waals surface area contributed by atoms with Crippen molar-refractivity contribution in [2.75, 3.05) is 6.61 Å². The van der Waals surface area contributed by atoms with Crippen LogP contribution in [0.1, 0.15) is 13.3 Å². The Morgan fingerprint density at radius 2 is 2.44 bits per heavy atom. The van der Waals surface area contributed by atoms with Crippen LogP contribution in [0.5, 0.6) is 0 Å². The predicted octanol–water partition coefficient (Wildman–Crippen LogP) is -0.102. The van der Waals surface area contributed by atoms with Gasteiger partial charge in [0.1, 0.15) is 7.85 Å². The molecule has 1 N–H and O–H groups in total. The van der Waals surface area contributed by atoms with E-state index < -0.39 is 0 Å². The molecule has 9 heavy (non-hydrogen) atoms. The minimum Gasteiger partial charge on any atom is -0.394 e. The summed E-state index contributed by atoms with van der Waals surface area (Å²) in [6.07, 6.45) is 0.839. The SMILES string of the molecule is [B]C1CC(C)C(CO)O1. The number of ether oxygens (including phenoxy) is 1. The average Bonchev–Trinajstić information content (AvgIpc) is 2.10. The van der Waals surface area contributed by atoms with Gasteiger partial charge in [-0.3, -0.25) is 0 Å². The van der Waals surface area contributed by atoms with Gasteiger partial charge < -0.3 is 9.84 Å². The van der Waals surface area contributed by atoms with E-state index in [4.69, 9.17) is 17.7 Å². The first kappa shape index (κ1) is 7.10. The third kappa shape index (κ3) is 1.46. The van der Waals surface area contributed by atoms with Gasteiger partial charge in [-0.15, -0.1) is 0 Å². The highest BCUT2D eigenvalue weighted by Crippen LogP contribution is 2.23. The van der Waals surface area contributed by atoms with E-state index in [0.29, 0.717) is 5.92 Å². The summed E-state index contributed by atoms with van der Waals surface area (Å²) in [5.74, 6) is 0.407. The number of aliphatic hydroxyl groups is 1. The molecule has 3 unspecified atom stereocenters. The zero-order valence-corrected chi connectivity index (χ0v) is 5.58. The zero-order valence-electron chi connectivity index (χ0n) is 5.58. The lowest BCUT2D eigenvalue weighted by molar-refractivity contribution is 0.0293. The van der Waals surface area contributed by atoms with Crippen LogP contribution < -0.4 is 0 Å². The molecule has 1 rings (SSSR count). The van der Waals surface area contributed by atoms with E-state index in [1.807, 2.05) is 6.92 Å². The monoisotopic (exact) mass is 126 g/mol. The Balaban J connectivity index is 2.38. The summed E-state index contributed by atoms with van der Waals surface area (Å²) >= 11 is 0. The van der Waals surface area contributed by atoms with Gasteiger partial charge in [0.15, 0.2) is 0 Å². The fraction of sp³-hybridized carbons (Fsp3) is 1.00. The molecule has 0 saturated carbocycles. The first-order valence-electron chi connectivity index (χ1n) is 3.26. The third-order valence-electron chi connectivity index (χ3n) is 1.77. The molecule has 1 saturated heterocycles. The molecule has 0 spiro atoms. The first-order chi connectivity index (χ1) is 4.24. The van der Waals surface area contributed by atoms with Crippen LogP contribution in [0.15, 0.2) is 0 Å². The number of aliphatic hydroxyl groups excluding tert-OH is 1. The lowest BCUT2D eigenvalue weighted by atomic mass is 9.92. The molecule has 2 nitrogen and oxygen atoms in total. The molecule has 0 aromatic heterocycles. The maximum absolute atomic E-state index is 8.67. The molecule has 50 valence electrons. The zero-order chi connectivity index (χ0) is 6.85. The van der Waals surface area contributed by atoms with Gasteiger partial charge >= 0.3 is 0 Å². The van der Waals surface area contributed by atoms with Gasteiger partial charge in [0, 0.05) is 6.00 Å². The normalized spacial score (nSPS) is 43.6. The van der Waals surface area contributed by atoms with Crippen LogP contribution in [0.25, 0.3) is 0 Å². The fourth-order valence-electron chi connectivity index (χ4n) is 1.16. The second-order valence-corrected chi connectivity index (χ2v) is 2.61. The van der Waals surface area contributed by atoms with E-state index in [9.17, 15) is 0 Å². The van der Waals surface area contributed by atoms with Crippen LogP contribution in [0.4, 0.5) is 0 Å². The Bertz CT molecular complexity index is 97.1. The van der Waals surface area contributed by atoms with Gasteiger partial charge in [0.25, 0.3) is 0 Å². The Hall–Kier alpha value is -0.0151. The van der Waals surface area contributed by atoms with Crippen LogP contribution in [-0.2, 0) is 4.74 Å². The number of rotatable bonds is 1. The van der Waals surface area contributed by atoms with Crippen LogP contribution in [0, 0.1) is 5.92 Å². The smallest absolute Gasteiger partial charge is 0.109 e. The van der Waals surface area contributed by atoms with Crippen molar-refractivity contribution in [1.82, 2.24) is 0 Å². The van der Waals surface area contributed by atoms with Crippen molar-refractivity contribution < 1.29 is 9.84 Å². The van der Waals surface area contributed by atoms with Gasteiger partial charge in [0.2, 0.25) is 0 Å². The largest absolute Gasteiger partial charge is 0.394 e. The second-order valence-electron chi connectivity index (χ2n) is 2.61. The van der Waals surface area contributed by atoms with Crippen molar-refractivity contribution in [3.63, 3.8) is 0 Å². The molecule has 0 aliphatic carbocycles. The van der Waals surface area contributed by atoms with Crippen molar-refractivity contribution >= 4 is 7.85 Å². The molecule has 0 aromatic rings. The van der Waals surface area contributed by atoms with Gasteiger partial charge in [0.05, 0.1) is 12.7 Å². The molecule has 1 aliphatic heterocycles. The Morgan fingerprint density at radius 3 is 2.67 bits per heavy atom. The highest BCUT2D eigenvalue weighted by atomic mass is 16.5. The molecule has 1 heterocycles. The summed E-state index contributed by atoms with van der Waals surface area (Å²) in [5, 5.41) is 8.67. The minimum absolute atomic E-state index is 0.0278. The van der Waals surface area contributed by atoms with E-state index in [1.54, 1.807) is 0 Å². The summed E-state index contributed by atoms with van der Waals surface area (Å²) in [7, 11) is 5.46. The summed E-state index contributed by atoms with van der Waals surface area (Å²) in [6, 6.07) is -0.155. The molecular weight excluding hydrogens is 115 g/mol. The molecule has 2 radical (unpaired) electrons.